The van der Waals surface area contributed by atoms with Crippen LogP contribution in [0, 0.1) is 28.9 Å². The third kappa shape index (κ3) is 5.22. The van der Waals surface area contributed by atoms with E-state index in [4.69, 9.17) is 0 Å². The lowest BCUT2D eigenvalue weighted by molar-refractivity contribution is -0.384. The Hall–Kier alpha value is -3.37. The molecule has 0 saturated carbocycles. The van der Waals surface area contributed by atoms with E-state index in [1.807, 2.05) is 6.92 Å². The fourth-order valence-corrected chi connectivity index (χ4v) is 4.92. The number of allylic oxidation sites excluding steroid dienone is 3. The summed E-state index contributed by atoms with van der Waals surface area (Å²) in [5.41, 5.74) is 2.94. The van der Waals surface area contributed by atoms with Crippen molar-refractivity contribution >= 4 is 15.7 Å². The van der Waals surface area contributed by atoms with Gasteiger partial charge < -0.3 is 0 Å². The highest BCUT2D eigenvalue weighted by molar-refractivity contribution is 7.89. The Kier molecular flexibility index (Phi) is 6.93. The average molecular weight is 437 g/mol. The highest BCUT2D eigenvalue weighted by Gasteiger charge is 2.29. The highest BCUT2D eigenvalue weighted by atomic mass is 32.2. The maximum atomic E-state index is 13.5. The average Bonchev–Trinajstić information content (AvgIpc) is 2.96. The lowest BCUT2D eigenvalue weighted by atomic mass is 10.0. The summed E-state index contributed by atoms with van der Waals surface area (Å²) in [5, 5.41) is 10.9. The molecule has 0 fully saturated rings. The van der Waals surface area contributed by atoms with Crippen molar-refractivity contribution in [2.24, 2.45) is 0 Å². The molecule has 7 heteroatoms. The molecular formula is C24H24N2O4S. The summed E-state index contributed by atoms with van der Waals surface area (Å²) in [4.78, 5) is 10.6. The molecule has 0 aliphatic carbocycles. The first-order chi connectivity index (χ1) is 14.8. The van der Waals surface area contributed by atoms with Crippen molar-refractivity contribution < 1.29 is 13.3 Å². The quantitative estimate of drug-likeness (QED) is 0.287. The van der Waals surface area contributed by atoms with Crippen molar-refractivity contribution in [2.75, 3.05) is 6.54 Å². The van der Waals surface area contributed by atoms with Crippen LogP contribution in [0.3, 0.4) is 0 Å². The molecule has 0 atom stereocenters. The lowest BCUT2D eigenvalue weighted by Crippen LogP contribution is -2.31. The highest BCUT2D eigenvalue weighted by Crippen LogP contribution is 2.29. The van der Waals surface area contributed by atoms with Crippen LogP contribution in [0.5, 0.6) is 0 Å². The van der Waals surface area contributed by atoms with Crippen LogP contribution in [-0.4, -0.2) is 24.2 Å². The molecule has 0 bridgehead atoms. The summed E-state index contributed by atoms with van der Waals surface area (Å²) in [6.07, 6.45) is 4.64. The maximum absolute atomic E-state index is 13.5. The van der Waals surface area contributed by atoms with Crippen LogP contribution in [0.1, 0.15) is 36.8 Å². The number of hydrogen-bond acceptors (Lipinski definition) is 4. The number of nitro groups is 1. The number of aryl methyl sites for hydroxylation is 1. The molecule has 1 aliphatic rings. The molecule has 0 N–H and O–H groups in total. The smallest absolute Gasteiger partial charge is 0.259 e. The molecular weight excluding hydrogens is 412 g/mol. The van der Waals surface area contributed by atoms with Crippen molar-refractivity contribution in [1.29, 1.82) is 0 Å². The van der Waals surface area contributed by atoms with E-state index in [1.165, 1.54) is 16.4 Å². The van der Waals surface area contributed by atoms with Crippen molar-refractivity contribution in [2.45, 2.75) is 37.5 Å². The SMILES string of the molecule is C=CCC1=C(C#Cc2ccc([N+](=O)[O-])cc2)N(S(=O)(=O)c2ccc(C)cc2)CCCC1. The van der Waals surface area contributed by atoms with Crippen LogP contribution in [0.25, 0.3) is 0 Å². The van der Waals surface area contributed by atoms with Crippen molar-refractivity contribution in [3.05, 3.63) is 93.7 Å². The standard InChI is InChI=1S/C24H24N2O4S/c1-3-6-21-7-4-5-18-25(31(29,30)23-15-8-19(2)9-16-23)24(21)17-12-20-10-13-22(14-11-20)26(27)28/h3,8-11,13-16H,1,4-7,18H2,2H3. The molecule has 0 amide bonds. The summed E-state index contributed by atoms with van der Waals surface area (Å²) in [6.45, 7) is 6.06. The number of nitro benzene ring substituents is 1. The van der Waals surface area contributed by atoms with Gasteiger partial charge in [0.25, 0.3) is 15.7 Å². The number of sulfonamides is 1. The van der Waals surface area contributed by atoms with Gasteiger partial charge in [-0.15, -0.1) is 6.58 Å². The molecule has 0 radical (unpaired) electrons. The Labute approximate surface area is 183 Å². The molecule has 0 aromatic heterocycles. The van der Waals surface area contributed by atoms with E-state index in [9.17, 15) is 18.5 Å². The number of nitrogens with zero attached hydrogens (tertiary/aromatic N) is 2. The first kappa shape index (κ1) is 22.3. The second-order valence-corrected chi connectivity index (χ2v) is 9.21. The minimum atomic E-state index is -3.78. The van der Waals surface area contributed by atoms with E-state index in [1.54, 1.807) is 42.5 Å². The topological polar surface area (TPSA) is 80.5 Å². The summed E-state index contributed by atoms with van der Waals surface area (Å²) < 4.78 is 28.3. The molecule has 160 valence electrons. The van der Waals surface area contributed by atoms with Crippen molar-refractivity contribution in [1.82, 2.24) is 4.31 Å². The second kappa shape index (κ2) is 9.63. The van der Waals surface area contributed by atoms with Crippen LogP contribution in [0.15, 0.2) is 77.4 Å². The zero-order valence-corrected chi connectivity index (χ0v) is 18.2. The van der Waals surface area contributed by atoms with Gasteiger partial charge in [-0.3, -0.25) is 14.4 Å². The largest absolute Gasteiger partial charge is 0.269 e. The molecule has 6 nitrogen and oxygen atoms in total. The van der Waals surface area contributed by atoms with Crippen LogP contribution in [0.4, 0.5) is 5.69 Å². The third-order valence-corrected chi connectivity index (χ3v) is 6.89. The Morgan fingerprint density at radius 3 is 2.39 bits per heavy atom. The summed E-state index contributed by atoms with van der Waals surface area (Å²) >= 11 is 0. The van der Waals surface area contributed by atoms with E-state index in [0.29, 0.717) is 24.2 Å². The molecule has 1 heterocycles. The number of hydrogen-bond donors (Lipinski definition) is 0. The molecule has 3 rings (SSSR count). The van der Waals surface area contributed by atoms with Gasteiger partial charge in [-0.25, -0.2) is 8.42 Å². The fourth-order valence-electron chi connectivity index (χ4n) is 3.40. The lowest BCUT2D eigenvalue weighted by Gasteiger charge is -2.24. The number of benzene rings is 2. The van der Waals surface area contributed by atoms with Gasteiger partial charge >= 0.3 is 0 Å². The summed E-state index contributed by atoms with van der Waals surface area (Å²) in [7, 11) is -3.78. The predicted octanol–water partition coefficient (Wildman–Crippen LogP) is 4.96. The van der Waals surface area contributed by atoms with Crippen LogP contribution < -0.4 is 0 Å². The predicted molar refractivity (Wildman–Crippen MR) is 121 cm³/mol. The maximum Gasteiger partial charge on any atom is 0.269 e. The summed E-state index contributed by atoms with van der Waals surface area (Å²) in [6, 6.07) is 12.7. The van der Waals surface area contributed by atoms with Gasteiger partial charge in [0.2, 0.25) is 0 Å². The van der Waals surface area contributed by atoms with E-state index in [2.05, 4.69) is 18.4 Å². The molecule has 0 unspecified atom stereocenters. The molecule has 2 aromatic carbocycles. The van der Waals surface area contributed by atoms with Crippen LogP contribution in [-0.2, 0) is 10.0 Å². The first-order valence-corrected chi connectivity index (χ1v) is 11.5. The minimum absolute atomic E-state index is 0.0184. The zero-order chi connectivity index (χ0) is 22.4. The molecule has 1 aliphatic heterocycles. The van der Waals surface area contributed by atoms with Gasteiger partial charge in [-0.1, -0.05) is 29.7 Å². The van der Waals surface area contributed by atoms with Crippen molar-refractivity contribution in [3.8, 4) is 11.8 Å². The van der Waals surface area contributed by atoms with E-state index in [-0.39, 0.29) is 10.6 Å². The van der Waals surface area contributed by atoms with Gasteiger partial charge in [0.15, 0.2) is 0 Å². The molecule has 0 saturated heterocycles. The van der Waals surface area contributed by atoms with E-state index in [0.717, 1.165) is 30.4 Å². The zero-order valence-electron chi connectivity index (χ0n) is 17.4. The Balaban J connectivity index is 2.07. The molecule has 31 heavy (non-hydrogen) atoms. The Morgan fingerprint density at radius 1 is 1.10 bits per heavy atom. The Morgan fingerprint density at radius 2 is 1.77 bits per heavy atom. The van der Waals surface area contributed by atoms with Gasteiger partial charge in [-0.2, -0.15) is 0 Å². The van der Waals surface area contributed by atoms with Crippen molar-refractivity contribution in [3.63, 3.8) is 0 Å². The van der Waals surface area contributed by atoms with E-state index >= 15 is 0 Å². The summed E-state index contributed by atoms with van der Waals surface area (Å²) in [5.74, 6) is 6.05. The number of non-ortho nitro benzene ring substituents is 1. The Bertz CT molecular complexity index is 1170. The van der Waals surface area contributed by atoms with Gasteiger partial charge in [0.05, 0.1) is 9.82 Å². The van der Waals surface area contributed by atoms with Crippen LogP contribution >= 0.6 is 0 Å². The molecule has 2 aromatic rings. The minimum Gasteiger partial charge on any atom is -0.259 e. The number of rotatable bonds is 5. The monoisotopic (exact) mass is 436 g/mol. The van der Waals surface area contributed by atoms with Crippen LogP contribution in [0.2, 0.25) is 0 Å². The first-order valence-electron chi connectivity index (χ1n) is 10.0. The normalized spacial score (nSPS) is 14.4. The second-order valence-electron chi connectivity index (χ2n) is 7.35. The fraction of sp³-hybridized carbons (Fsp3) is 0.250. The molecule has 0 spiro atoms. The van der Waals surface area contributed by atoms with Gasteiger partial charge in [-0.05, 0) is 68.4 Å². The van der Waals surface area contributed by atoms with Gasteiger partial charge in [0.1, 0.15) is 5.70 Å². The third-order valence-electron chi connectivity index (χ3n) is 5.08. The van der Waals surface area contributed by atoms with Gasteiger partial charge in [0, 0.05) is 24.2 Å². The van der Waals surface area contributed by atoms with E-state index < -0.39 is 14.9 Å².